The number of nitrogens with one attached hydrogen (secondary N) is 1. The summed E-state index contributed by atoms with van der Waals surface area (Å²) in [5.74, 6) is 0.245. The molecule has 1 aliphatic rings. The highest BCUT2D eigenvalue weighted by Crippen LogP contribution is 2.23. The molecular formula is C13H20N2O3S. The first-order chi connectivity index (χ1) is 9.20. The van der Waals surface area contributed by atoms with Gasteiger partial charge in [-0.05, 0) is 32.6 Å². The Hall–Kier alpha value is -1.14. The van der Waals surface area contributed by atoms with E-state index in [0.29, 0.717) is 24.3 Å². The van der Waals surface area contributed by atoms with Crippen molar-refractivity contribution in [2.75, 3.05) is 25.1 Å². The number of nitrogens with zero attached hydrogens (tertiary/aromatic N) is 1. The molecule has 1 aromatic heterocycles. The average Bonchev–Trinajstić information content (AvgIpc) is 2.88. The molecule has 5 nitrogen and oxygen atoms in total. The molecule has 0 spiro atoms. The van der Waals surface area contributed by atoms with Gasteiger partial charge < -0.3 is 14.8 Å². The van der Waals surface area contributed by atoms with Crippen molar-refractivity contribution in [3.05, 3.63) is 11.1 Å². The minimum absolute atomic E-state index is 0.338. The second-order valence-corrected chi connectivity index (χ2v) is 5.50. The molecule has 1 saturated heterocycles. The highest BCUT2D eigenvalue weighted by Gasteiger charge is 2.21. The number of carbonyl (C=O) groups is 1. The van der Waals surface area contributed by atoms with Gasteiger partial charge in [0.2, 0.25) is 0 Å². The van der Waals surface area contributed by atoms with Crippen LogP contribution in [-0.4, -0.2) is 36.8 Å². The lowest BCUT2D eigenvalue weighted by Crippen LogP contribution is -2.30. The molecule has 6 heteroatoms. The molecule has 1 fully saturated rings. The van der Waals surface area contributed by atoms with Gasteiger partial charge in [0.05, 0.1) is 6.61 Å². The topological polar surface area (TPSA) is 60.5 Å². The molecule has 0 amide bonds. The van der Waals surface area contributed by atoms with Crippen LogP contribution < -0.4 is 5.32 Å². The van der Waals surface area contributed by atoms with Crippen LogP contribution in [0.4, 0.5) is 5.13 Å². The van der Waals surface area contributed by atoms with Crippen molar-refractivity contribution < 1.29 is 14.3 Å². The number of anilines is 1. The van der Waals surface area contributed by atoms with Crippen molar-refractivity contribution in [3.8, 4) is 0 Å². The third-order valence-corrected chi connectivity index (χ3v) is 4.09. The molecule has 1 aliphatic heterocycles. The zero-order valence-electron chi connectivity index (χ0n) is 11.3. The van der Waals surface area contributed by atoms with Gasteiger partial charge in [0.25, 0.3) is 0 Å². The lowest BCUT2D eigenvalue weighted by atomic mass is 9.93. The molecule has 0 bridgehead atoms. The second-order valence-electron chi connectivity index (χ2n) is 4.64. The van der Waals surface area contributed by atoms with Gasteiger partial charge in [-0.3, -0.25) is 0 Å². The predicted octanol–water partition coefficient (Wildman–Crippen LogP) is 2.55. The van der Waals surface area contributed by atoms with Gasteiger partial charge >= 0.3 is 5.97 Å². The molecule has 0 aliphatic carbocycles. The fraction of sp³-hybridized carbons (Fsp3) is 0.692. The summed E-state index contributed by atoms with van der Waals surface area (Å²) in [6, 6.07) is 0.338. The zero-order valence-corrected chi connectivity index (χ0v) is 12.2. The molecule has 1 atom stereocenters. The number of hydrogen-bond acceptors (Lipinski definition) is 6. The Bertz CT molecular complexity index is 416. The van der Waals surface area contributed by atoms with E-state index >= 15 is 0 Å². The third-order valence-electron chi connectivity index (χ3n) is 3.31. The summed E-state index contributed by atoms with van der Waals surface area (Å²) in [5, 5.41) is 5.89. The molecule has 2 rings (SSSR count). The summed E-state index contributed by atoms with van der Waals surface area (Å²) in [6.07, 6.45) is 2.15. The van der Waals surface area contributed by atoms with Crippen LogP contribution in [0.3, 0.4) is 0 Å². The SMILES string of the molecule is CCOC(=O)c1csc(NC(C)C2CCOCC2)n1. The quantitative estimate of drug-likeness (QED) is 0.842. The Balaban J connectivity index is 1.90. The van der Waals surface area contributed by atoms with Crippen molar-refractivity contribution >= 4 is 22.4 Å². The number of hydrogen-bond donors (Lipinski definition) is 1. The molecule has 1 aromatic rings. The van der Waals surface area contributed by atoms with E-state index in [9.17, 15) is 4.79 Å². The molecule has 0 radical (unpaired) electrons. The lowest BCUT2D eigenvalue weighted by molar-refractivity contribution is 0.0520. The van der Waals surface area contributed by atoms with Crippen molar-refractivity contribution in [2.24, 2.45) is 5.92 Å². The molecule has 0 aromatic carbocycles. The van der Waals surface area contributed by atoms with Crippen LogP contribution in [0.15, 0.2) is 5.38 Å². The van der Waals surface area contributed by atoms with Crippen LogP contribution in [0.25, 0.3) is 0 Å². The number of rotatable bonds is 5. The van der Waals surface area contributed by atoms with Gasteiger partial charge in [0.15, 0.2) is 10.8 Å². The van der Waals surface area contributed by atoms with Crippen LogP contribution in [0.1, 0.15) is 37.2 Å². The Morgan fingerprint density at radius 3 is 3.05 bits per heavy atom. The zero-order chi connectivity index (χ0) is 13.7. The Kier molecular flexibility index (Phi) is 5.15. The van der Waals surface area contributed by atoms with Gasteiger partial charge in [-0.25, -0.2) is 9.78 Å². The summed E-state index contributed by atoms with van der Waals surface area (Å²) < 4.78 is 10.3. The predicted molar refractivity (Wildman–Crippen MR) is 74.7 cm³/mol. The van der Waals surface area contributed by atoms with E-state index in [1.54, 1.807) is 12.3 Å². The van der Waals surface area contributed by atoms with Crippen LogP contribution in [0, 0.1) is 5.92 Å². The molecule has 106 valence electrons. The first-order valence-corrected chi connectivity index (χ1v) is 7.55. The maximum absolute atomic E-state index is 11.5. The van der Waals surface area contributed by atoms with Gasteiger partial charge in [0, 0.05) is 24.6 Å². The first kappa shape index (κ1) is 14.3. The van der Waals surface area contributed by atoms with Crippen molar-refractivity contribution in [2.45, 2.75) is 32.7 Å². The molecular weight excluding hydrogens is 264 g/mol. The average molecular weight is 284 g/mol. The molecule has 0 saturated carbocycles. The standard InChI is InChI=1S/C13H20N2O3S/c1-3-18-12(16)11-8-19-13(15-11)14-9(2)10-4-6-17-7-5-10/h8-10H,3-7H2,1-2H3,(H,14,15). The van der Waals surface area contributed by atoms with Gasteiger partial charge in [-0.1, -0.05) is 0 Å². The van der Waals surface area contributed by atoms with E-state index in [4.69, 9.17) is 9.47 Å². The summed E-state index contributed by atoms with van der Waals surface area (Å²) in [6.45, 7) is 5.99. The van der Waals surface area contributed by atoms with E-state index in [2.05, 4.69) is 17.2 Å². The minimum Gasteiger partial charge on any atom is -0.461 e. The number of esters is 1. The highest BCUT2D eigenvalue weighted by molar-refractivity contribution is 7.13. The van der Waals surface area contributed by atoms with Gasteiger partial charge in [-0.15, -0.1) is 11.3 Å². The van der Waals surface area contributed by atoms with Crippen LogP contribution in [0.2, 0.25) is 0 Å². The highest BCUT2D eigenvalue weighted by atomic mass is 32.1. The van der Waals surface area contributed by atoms with Crippen molar-refractivity contribution in [1.82, 2.24) is 4.98 Å². The molecule has 2 heterocycles. The van der Waals surface area contributed by atoms with Crippen molar-refractivity contribution in [3.63, 3.8) is 0 Å². The summed E-state index contributed by atoms with van der Waals surface area (Å²) in [4.78, 5) is 15.8. The van der Waals surface area contributed by atoms with E-state index in [0.717, 1.165) is 31.2 Å². The number of thiazole rings is 1. The fourth-order valence-electron chi connectivity index (χ4n) is 2.17. The number of aromatic nitrogens is 1. The molecule has 1 unspecified atom stereocenters. The van der Waals surface area contributed by atoms with E-state index in [-0.39, 0.29) is 5.97 Å². The van der Waals surface area contributed by atoms with Crippen LogP contribution >= 0.6 is 11.3 Å². The largest absolute Gasteiger partial charge is 0.461 e. The van der Waals surface area contributed by atoms with Crippen LogP contribution in [0.5, 0.6) is 0 Å². The van der Waals surface area contributed by atoms with E-state index in [1.165, 1.54) is 11.3 Å². The summed E-state index contributed by atoms with van der Waals surface area (Å²) >= 11 is 1.44. The maximum atomic E-state index is 11.5. The second kappa shape index (κ2) is 6.86. The van der Waals surface area contributed by atoms with Gasteiger partial charge in [-0.2, -0.15) is 0 Å². The molecule has 19 heavy (non-hydrogen) atoms. The Morgan fingerprint density at radius 2 is 2.37 bits per heavy atom. The normalized spacial score (nSPS) is 18.0. The lowest BCUT2D eigenvalue weighted by Gasteiger charge is -2.28. The summed E-state index contributed by atoms with van der Waals surface area (Å²) in [7, 11) is 0. The first-order valence-electron chi connectivity index (χ1n) is 6.67. The molecule has 1 N–H and O–H groups in total. The van der Waals surface area contributed by atoms with E-state index in [1.807, 2.05) is 0 Å². The smallest absolute Gasteiger partial charge is 0.357 e. The van der Waals surface area contributed by atoms with E-state index < -0.39 is 0 Å². The number of ether oxygens (including phenoxy) is 2. The van der Waals surface area contributed by atoms with Gasteiger partial charge in [0.1, 0.15) is 0 Å². The summed E-state index contributed by atoms with van der Waals surface area (Å²) in [5.41, 5.74) is 0.383. The number of carbonyl (C=O) groups excluding carboxylic acids is 1. The minimum atomic E-state index is -0.356. The maximum Gasteiger partial charge on any atom is 0.357 e. The van der Waals surface area contributed by atoms with Crippen LogP contribution in [-0.2, 0) is 9.47 Å². The Morgan fingerprint density at radius 1 is 1.63 bits per heavy atom. The Labute approximate surface area is 117 Å². The third kappa shape index (κ3) is 3.91. The fourth-order valence-corrected chi connectivity index (χ4v) is 2.94. The monoisotopic (exact) mass is 284 g/mol. The van der Waals surface area contributed by atoms with Crippen molar-refractivity contribution in [1.29, 1.82) is 0 Å².